The van der Waals surface area contributed by atoms with Gasteiger partial charge in [-0.1, -0.05) is 133 Å². The number of fused-ring (bicyclic) bond motifs is 10. The predicted octanol–water partition coefficient (Wildman–Crippen LogP) is 12.5. The van der Waals surface area contributed by atoms with Crippen LogP contribution in [0.1, 0.15) is 119 Å². The molecule has 24 heteroatoms. The predicted molar refractivity (Wildman–Crippen MR) is 335 cm³/mol. The second-order valence-electron chi connectivity index (χ2n) is 22.8. The van der Waals surface area contributed by atoms with E-state index in [9.17, 15) is 47.9 Å². The molecule has 0 spiro atoms. The smallest absolute Gasteiger partial charge is 0.421 e. The Morgan fingerprint density at radius 3 is 1.37 bits per heavy atom. The highest BCUT2D eigenvalue weighted by Gasteiger charge is 2.51. The van der Waals surface area contributed by atoms with E-state index >= 15 is 0 Å². The molecule has 20 nitrogen and oxygen atoms in total. The number of benzene rings is 4. The molecule has 10 aromatic rings. The second-order valence-corrected chi connectivity index (χ2v) is 26.9. The lowest BCUT2D eigenvalue weighted by molar-refractivity contribution is -0.121. The second kappa shape index (κ2) is 21.4. The van der Waals surface area contributed by atoms with E-state index in [1.54, 1.807) is 66.7 Å². The number of rotatable bonds is 9. The van der Waals surface area contributed by atoms with E-state index in [1.807, 2.05) is 36.4 Å². The molecule has 0 saturated heterocycles. The molecule has 0 radical (unpaired) electrons. The van der Waals surface area contributed by atoms with E-state index in [0.717, 1.165) is 69.3 Å². The van der Waals surface area contributed by atoms with Crippen molar-refractivity contribution in [2.75, 3.05) is 0 Å². The van der Waals surface area contributed by atoms with E-state index in [4.69, 9.17) is 19.4 Å². The third kappa shape index (κ3) is 8.93. The zero-order chi connectivity index (χ0) is 61.4. The fourth-order valence-corrected chi connectivity index (χ4v) is 17.4. The Bertz CT molecular complexity index is 5030. The summed E-state index contributed by atoms with van der Waals surface area (Å²) in [7, 11) is 0. The molecule has 442 valence electrons. The van der Waals surface area contributed by atoms with Gasteiger partial charge in [0.2, 0.25) is 10.3 Å². The number of hydrogen-bond donors (Lipinski definition) is 0. The van der Waals surface area contributed by atoms with Crippen molar-refractivity contribution in [1.29, 1.82) is 0 Å². The van der Waals surface area contributed by atoms with Gasteiger partial charge in [0.15, 0.2) is 80.3 Å². The van der Waals surface area contributed by atoms with Crippen LogP contribution in [-0.2, 0) is 41.9 Å². The Balaban J connectivity index is 0.666. The van der Waals surface area contributed by atoms with Crippen LogP contribution in [0.5, 0.6) is 0 Å². The number of ketones is 8. The fourth-order valence-electron chi connectivity index (χ4n) is 13.4. The lowest BCUT2D eigenvalue weighted by atomic mass is 9.72. The highest BCUT2D eigenvalue weighted by atomic mass is 32.1. The number of carbonyl (C=O) groups is 10. The molecule has 90 heavy (non-hydrogen) atoms. The van der Waals surface area contributed by atoms with Gasteiger partial charge in [-0.3, -0.25) is 38.4 Å². The topological polar surface area (TPSA) is 275 Å². The normalized spacial score (nSPS) is 21.5. The number of thiazole rings is 4. The van der Waals surface area contributed by atoms with Gasteiger partial charge < -0.3 is 9.47 Å². The molecule has 6 aliphatic rings. The summed E-state index contributed by atoms with van der Waals surface area (Å²) in [5.74, 6) is -5.83. The number of ether oxygens (including phenoxy) is 2. The van der Waals surface area contributed by atoms with Crippen LogP contribution in [-0.4, -0.2) is 98.9 Å². The van der Waals surface area contributed by atoms with E-state index < -0.39 is 70.6 Å². The summed E-state index contributed by atoms with van der Waals surface area (Å²) in [5, 5.41) is 0.658. The standard InChI is InChI=1S/C66H42N8O12S4/c75-47-33-15-7-8-16-34(33)48(76)41(47)25-43-67-59-55(87-43)56-60(73(59)65(83)85-27-29-11-3-1-4-12-29)68-44(88-56)26-42-49(77)37-21-19-31(23-39(37)50(42)78)32-20-22-38-40(24-32)54(82)46(53(38)81)70-64-72-62-58(90-64)57-61(74(62)66(84)86-28-30-13-5-2-6-14-30)71-63(89-57)69-45-51(79)35-17-9-10-18-36(35)52(45)80/h1-8,11-16,19,21,23,25-26,32,35-36,38,40H,9-10,17-18,20,22,24,27-28H2/b42-26+,69-45?,70-46?. The summed E-state index contributed by atoms with van der Waals surface area (Å²) in [4.78, 5) is 166. The number of Topliss-reactive ketones (excluding diaryl/α,β-unsaturated/α-hetero) is 8. The summed E-state index contributed by atoms with van der Waals surface area (Å²) in [6.07, 6.45) is 5.28. The van der Waals surface area contributed by atoms with Crippen molar-refractivity contribution < 1.29 is 57.4 Å². The molecule has 4 aromatic carbocycles. The van der Waals surface area contributed by atoms with Gasteiger partial charge in [0.25, 0.3) is 0 Å². The van der Waals surface area contributed by atoms with Crippen LogP contribution in [0.2, 0.25) is 0 Å². The lowest BCUT2D eigenvalue weighted by Crippen LogP contribution is -2.26. The Hall–Kier alpha value is -9.88. The minimum absolute atomic E-state index is 0.0378. The minimum atomic E-state index is -0.816. The van der Waals surface area contributed by atoms with Gasteiger partial charge in [-0.25, -0.2) is 38.7 Å². The molecule has 5 unspecified atom stereocenters. The van der Waals surface area contributed by atoms with Crippen molar-refractivity contribution in [2.24, 2.45) is 33.7 Å². The first-order valence-electron chi connectivity index (χ1n) is 29.0. The molecule has 0 aliphatic heterocycles. The monoisotopic (exact) mass is 1270 g/mol. The summed E-state index contributed by atoms with van der Waals surface area (Å²) in [6, 6.07) is 29.7. The Kier molecular flexibility index (Phi) is 13.2. The molecular weight excluding hydrogens is 1230 g/mol. The molecule has 16 rings (SSSR count). The van der Waals surface area contributed by atoms with Crippen LogP contribution in [0, 0.1) is 23.7 Å². The highest BCUT2D eigenvalue weighted by molar-refractivity contribution is 7.30. The van der Waals surface area contributed by atoms with Gasteiger partial charge in [0.05, 0.1) is 29.9 Å². The van der Waals surface area contributed by atoms with E-state index in [-0.39, 0.29) is 114 Å². The van der Waals surface area contributed by atoms with E-state index in [0.29, 0.717) is 61.2 Å². The molecular formula is C66H42N8O12S4. The van der Waals surface area contributed by atoms with Crippen molar-refractivity contribution in [1.82, 2.24) is 29.1 Å². The average Bonchev–Trinajstić information content (AvgIpc) is 2.09. The van der Waals surface area contributed by atoms with Crippen molar-refractivity contribution in [3.8, 4) is 0 Å². The first-order valence-corrected chi connectivity index (χ1v) is 32.3. The van der Waals surface area contributed by atoms with Gasteiger partial charge in [-0.05, 0) is 72.9 Å². The van der Waals surface area contributed by atoms with Crippen LogP contribution < -0.4 is 0 Å². The Labute approximate surface area is 523 Å². The van der Waals surface area contributed by atoms with Gasteiger partial charge in [0, 0.05) is 45.9 Å². The molecule has 4 saturated carbocycles. The number of hydrogen-bond acceptors (Lipinski definition) is 22. The number of carbonyl (C=O) groups excluding carboxylic acids is 10. The number of aliphatic imine (C=N–C) groups is 2. The van der Waals surface area contributed by atoms with Crippen molar-refractivity contribution >= 4 is 179 Å². The van der Waals surface area contributed by atoms with Crippen LogP contribution in [0.25, 0.3) is 53.5 Å². The summed E-state index contributed by atoms with van der Waals surface area (Å²) < 4.78 is 15.8. The van der Waals surface area contributed by atoms with Gasteiger partial charge >= 0.3 is 12.2 Å². The zero-order valence-corrected chi connectivity index (χ0v) is 50.1. The molecule has 5 atom stereocenters. The van der Waals surface area contributed by atoms with E-state index in [1.165, 1.54) is 21.3 Å². The van der Waals surface area contributed by atoms with Crippen LogP contribution in [0.15, 0.2) is 124 Å². The molecule has 6 aromatic heterocycles. The largest absolute Gasteiger partial charge is 0.444 e. The molecule has 0 N–H and O–H groups in total. The molecule has 6 aliphatic carbocycles. The van der Waals surface area contributed by atoms with E-state index in [2.05, 4.69) is 20.0 Å². The fraction of sp³-hybridized carbons (Fsp3) is 0.212. The third-order valence-electron chi connectivity index (χ3n) is 17.7. The summed E-state index contributed by atoms with van der Waals surface area (Å²) in [6.45, 7) is -0.144. The zero-order valence-electron chi connectivity index (χ0n) is 46.8. The maximum Gasteiger partial charge on any atom is 0.421 e. The first-order chi connectivity index (χ1) is 43.7. The van der Waals surface area contributed by atoms with Crippen molar-refractivity contribution in [3.63, 3.8) is 0 Å². The third-order valence-corrected chi connectivity index (χ3v) is 21.9. The first kappa shape index (κ1) is 55.4. The van der Waals surface area contributed by atoms with Crippen LogP contribution in [0.3, 0.4) is 0 Å². The maximum absolute atomic E-state index is 14.4. The minimum Gasteiger partial charge on any atom is -0.444 e. The summed E-state index contributed by atoms with van der Waals surface area (Å²) >= 11 is 4.37. The Morgan fingerprint density at radius 1 is 0.467 bits per heavy atom. The SMILES string of the molecule is O=C1C(=Cc2nc3c(s2)c2sc(/C=C4\C(=O)c5ccc(C6CCC7C(=O)C(=Nc8nc9c(s8)c8sc(N=C%10C(=O)C%11CCCCC%11C%10=O)nc8n9C(=O)OCc8ccccc8)C(=O)C7C6)cc5C4=O)nc2n3C(=O)OCc2ccccc2)C(=O)c2ccccc21. The van der Waals surface area contributed by atoms with Crippen LogP contribution in [0.4, 0.5) is 19.9 Å². The molecule has 6 heterocycles. The molecule has 4 fully saturated rings. The molecule has 0 amide bonds. The maximum atomic E-state index is 14.4. The number of nitrogens with zero attached hydrogens (tertiary/aromatic N) is 8. The average molecular weight is 1270 g/mol. The van der Waals surface area contributed by atoms with Crippen molar-refractivity contribution in [2.45, 2.75) is 64.1 Å². The van der Waals surface area contributed by atoms with Gasteiger partial charge in [-0.2, -0.15) is 9.97 Å². The molecule has 0 bridgehead atoms. The number of allylic oxidation sites excluding steroid dienone is 2. The van der Waals surface area contributed by atoms with Crippen LogP contribution >= 0.6 is 45.3 Å². The van der Waals surface area contributed by atoms with Gasteiger partial charge in [0.1, 0.15) is 23.2 Å². The quantitative estimate of drug-likeness (QED) is 0.0959. The van der Waals surface area contributed by atoms with Gasteiger partial charge in [-0.15, -0.1) is 22.7 Å². The lowest BCUT2D eigenvalue weighted by Gasteiger charge is -2.30. The van der Waals surface area contributed by atoms with Crippen molar-refractivity contribution in [3.05, 3.63) is 163 Å². The summed E-state index contributed by atoms with van der Waals surface area (Å²) in [5.41, 5.74) is 3.16. The number of aromatic nitrogens is 6. The Morgan fingerprint density at radius 2 is 0.878 bits per heavy atom. The highest BCUT2D eigenvalue weighted by Crippen LogP contribution is 2.48.